The number of rotatable bonds is 2. The third-order valence-electron chi connectivity index (χ3n) is 1.14. The van der Waals surface area contributed by atoms with Crippen molar-refractivity contribution in [3.8, 4) is 0 Å². The zero-order valence-electron chi connectivity index (χ0n) is 6.51. The van der Waals surface area contributed by atoms with Crippen molar-refractivity contribution < 1.29 is 23.5 Å². The van der Waals surface area contributed by atoms with Crippen molar-refractivity contribution in [3.63, 3.8) is 0 Å². The summed E-state index contributed by atoms with van der Waals surface area (Å²) >= 11 is 0. The van der Waals surface area contributed by atoms with E-state index in [1.54, 1.807) is 0 Å². The molecule has 0 bridgehead atoms. The van der Waals surface area contributed by atoms with Crippen molar-refractivity contribution in [1.29, 1.82) is 0 Å². The second-order valence-corrected chi connectivity index (χ2v) is 1.99. The van der Waals surface area contributed by atoms with E-state index in [1.807, 2.05) is 0 Å². The molecule has 0 fully saturated rings. The maximum atomic E-state index is 12.9. The van der Waals surface area contributed by atoms with Gasteiger partial charge in [0.25, 0.3) is 5.67 Å². The molecule has 0 aromatic heterocycles. The quantitative estimate of drug-likeness (QED) is 0.427. The number of ether oxygens (including phenoxy) is 2. The third-order valence-corrected chi connectivity index (χ3v) is 1.14. The SMILES string of the molecule is COC(=O)C(C)(F)C(=O)OC. The topological polar surface area (TPSA) is 52.6 Å². The van der Waals surface area contributed by atoms with Crippen molar-refractivity contribution in [2.24, 2.45) is 0 Å². The van der Waals surface area contributed by atoms with Crippen molar-refractivity contribution in [1.82, 2.24) is 0 Å². The van der Waals surface area contributed by atoms with Crippen molar-refractivity contribution in [2.45, 2.75) is 12.6 Å². The van der Waals surface area contributed by atoms with Crippen LogP contribution in [0.5, 0.6) is 0 Å². The van der Waals surface area contributed by atoms with E-state index in [1.165, 1.54) is 0 Å². The van der Waals surface area contributed by atoms with Crippen LogP contribution in [-0.4, -0.2) is 31.8 Å². The van der Waals surface area contributed by atoms with Gasteiger partial charge >= 0.3 is 11.9 Å². The number of halogens is 1. The first-order valence-electron chi connectivity index (χ1n) is 2.82. The highest BCUT2D eigenvalue weighted by molar-refractivity contribution is 6.02. The number of methoxy groups -OCH3 is 2. The van der Waals surface area contributed by atoms with E-state index in [2.05, 4.69) is 9.47 Å². The number of hydrogen-bond donors (Lipinski definition) is 0. The first-order valence-corrected chi connectivity index (χ1v) is 2.82. The lowest BCUT2D eigenvalue weighted by atomic mass is 10.1. The van der Waals surface area contributed by atoms with E-state index < -0.39 is 17.6 Å². The summed E-state index contributed by atoms with van der Waals surface area (Å²) in [7, 11) is 1.98. The molecule has 0 spiro atoms. The van der Waals surface area contributed by atoms with Gasteiger partial charge in [0.05, 0.1) is 14.2 Å². The highest BCUT2D eigenvalue weighted by Gasteiger charge is 2.44. The van der Waals surface area contributed by atoms with E-state index in [9.17, 15) is 14.0 Å². The van der Waals surface area contributed by atoms with E-state index in [0.29, 0.717) is 0 Å². The normalized spacial score (nSPS) is 10.5. The fourth-order valence-electron chi connectivity index (χ4n) is 0.467. The van der Waals surface area contributed by atoms with Gasteiger partial charge in [-0.05, 0) is 6.92 Å². The lowest BCUT2D eigenvalue weighted by molar-refractivity contribution is -0.169. The predicted octanol–water partition coefficient (Wildman–Crippen LogP) is 0.0606. The van der Waals surface area contributed by atoms with Gasteiger partial charge in [0.1, 0.15) is 0 Å². The molecule has 0 N–H and O–H groups in total. The first-order chi connectivity index (χ1) is 4.96. The number of carbonyl (C=O) groups is 2. The van der Waals surface area contributed by atoms with Gasteiger partial charge in [0.2, 0.25) is 0 Å². The summed E-state index contributed by atoms with van der Waals surface area (Å²) in [5.74, 6) is -2.52. The van der Waals surface area contributed by atoms with Crippen LogP contribution in [0.2, 0.25) is 0 Å². The van der Waals surface area contributed by atoms with Gasteiger partial charge in [-0.1, -0.05) is 0 Å². The molecule has 0 saturated heterocycles. The summed E-state index contributed by atoms with van der Waals surface area (Å²) in [6.07, 6.45) is 0. The van der Waals surface area contributed by atoms with Gasteiger partial charge in [-0.3, -0.25) is 0 Å². The Bertz CT molecular complexity index is 157. The molecule has 64 valence electrons. The average Bonchev–Trinajstić information content (AvgIpc) is 2.01. The van der Waals surface area contributed by atoms with Crippen LogP contribution in [0.3, 0.4) is 0 Å². The van der Waals surface area contributed by atoms with E-state index in [4.69, 9.17) is 0 Å². The molecule has 0 aromatic carbocycles. The predicted molar refractivity (Wildman–Crippen MR) is 33.5 cm³/mol. The van der Waals surface area contributed by atoms with Crippen LogP contribution in [0.25, 0.3) is 0 Å². The van der Waals surface area contributed by atoms with Crippen LogP contribution in [0, 0.1) is 0 Å². The van der Waals surface area contributed by atoms with Gasteiger partial charge < -0.3 is 9.47 Å². The minimum atomic E-state index is -2.70. The summed E-state index contributed by atoms with van der Waals surface area (Å²) < 4.78 is 21.0. The molecule has 0 rings (SSSR count). The Morgan fingerprint density at radius 2 is 1.45 bits per heavy atom. The molecule has 0 amide bonds. The highest BCUT2D eigenvalue weighted by atomic mass is 19.1. The summed E-state index contributed by atoms with van der Waals surface area (Å²) in [4.78, 5) is 21.1. The fraction of sp³-hybridized carbons (Fsp3) is 0.667. The molecule has 0 radical (unpaired) electrons. The molecule has 5 heteroatoms. The Kier molecular flexibility index (Phi) is 2.98. The van der Waals surface area contributed by atoms with Gasteiger partial charge in [0.15, 0.2) is 0 Å². The lowest BCUT2D eigenvalue weighted by Crippen LogP contribution is -2.40. The maximum Gasteiger partial charge on any atom is 0.355 e. The maximum absolute atomic E-state index is 12.9. The molecule has 0 atom stereocenters. The molecular weight excluding hydrogens is 155 g/mol. The second-order valence-electron chi connectivity index (χ2n) is 1.99. The summed E-state index contributed by atoms with van der Waals surface area (Å²) in [6, 6.07) is 0. The summed E-state index contributed by atoms with van der Waals surface area (Å²) in [6.45, 7) is 0.782. The fourth-order valence-corrected chi connectivity index (χ4v) is 0.467. The van der Waals surface area contributed by atoms with Gasteiger partial charge in [-0.15, -0.1) is 0 Å². The summed E-state index contributed by atoms with van der Waals surface area (Å²) in [5.41, 5.74) is -2.70. The van der Waals surface area contributed by atoms with E-state index in [0.717, 1.165) is 21.1 Å². The summed E-state index contributed by atoms with van der Waals surface area (Å²) in [5, 5.41) is 0. The highest BCUT2D eigenvalue weighted by Crippen LogP contribution is 2.13. The Hall–Kier alpha value is -1.13. The molecular formula is C6H9FO4. The Morgan fingerprint density at radius 3 is 1.64 bits per heavy atom. The lowest BCUT2D eigenvalue weighted by Gasteiger charge is -2.13. The van der Waals surface area contributed by atoms with Gasteiger partial charge in [-0.25, -0.2) is 14.0 Å². The Labute approximate surface area is 63.3 Å². The van der Waals surface area contributed by atoms with Crippen LogP contribution in [0.15, 0.2) is 0 Å². The van der Waals surface area contributed by atoms with E-state index >= 15 is 0 Å². The zero-order chi connectivity index (χ0) is 9.07. The zero-order valence-corrected chi connectivity index (χ0v) is 6.51. The van der Waals surface area contributed by atoms with Crippen molar-refractivity contribution in [3.05, 3.63) is 0 Å². The largest absolute Gasteiger partial charge is 0.466 e. The minimum absolute atomic E-state index is 0.782. The van der Waals surface area contributed by atoms with Crippen LogP contribution in [-0.2, 0) is 19.1 Å². The molecule has 0 aromatic rings. The molecule has 11 heavy (non-hydrogen) atoms. The molecule has 0 unspecified atom stereocenters. The van der Waals surface area contributed by atoms with Crippen LogP contribution in [0.1, 0.15) is 6.92 Å². The molecule has 0 saturated carbocycles. The van der Waals surface area contributed by atoms with Crippen molar-refractivity contribution in [2.75, 3.05) is 14.2 Å². The van der Waals surface area contributed by atoms with Crippen LogP contribution < -0.4 is 0 Å². The smallest absolute Gasteiger partial charge is 0.355 e. The Morgan fingerprint density at radius 1 is 1.18 bits per heavy atom. The first kappa shape index (κ1) is 9.87. The number of esters is 2. The van der Waals surface area contributed by atoms with Crippen molar-refractivity contribution >= 4 is 11.9 Å². The second kappa shape index (κ2) is 3.32. The number of hydrogen-bond acceptors (Lipinski definition) is 4. The molecule has 0 aliphatic heterocycles. The minimum Gasteiger partial charge on any atom is -0.466 e. The number of alkyl halides is 1. The van der Waals surface area contributed by atoms with Crippen LogP contribution in [0.4, 0.5) is 4.39 Å². The van der Waals surface area contributed by atoms with Gasteiger partial charge in [0, 0.05) is 0 Å². The monoisotopic (exact) mass is 164 g/mol. The van der Waals surface area contributed by atoms with Gasteiger partial charge in [-0.2, -0.15) is 0 Å². The standard InChI is InChI=1S/C6H9FO4/c1-6(7,4(8)10-2)5(9)11-3/h1-3H3. The molecule has 0 aliphatic carbocycles. The average molecular weight is 164 g/mol. The molecule has 0 aliphatic rings. The molecule has 4 nitrogen and oxygen atoms in total. The molecule has 0 heterocycles. The van der Waals surface area contributed by atoms with Crippen LogP contribution >= 0.6 is 0 Å². The number of carbonyl (C=O) groups excluding carboxylic acids is 2. The Balaban J connectivity index is 4.44. The van der Waals surface area contributed by atoms with E-state index in [-0.39, 0.29) is 0 Å². The third kappa shape index (κ3) is 1.89.